The van der Waals surface area contributed by atoms with Crippen molar-refractivity contribution in [1.82, 2.24) is 0 Å². The molecular weight excluding hydrogens is 160 g/mol. The van der Waals surface area contributed by atoms with E-state index in [-0.39, 0.29) is 0 Å². The predicted molar refractivity (Wildman–Crippen MR) is 57.5 cm³/mol. The van der Waals surface area contributed by atoms with E-state index in [1.54, 1.807) is 0 Å². The second-order valence-electron chi connectivity index (χ2n) is 4.19. The maximum Gasteiger partial charge on any atom is 0.129 e. The van der Waals surface area contributed by atoms with Gasteiger partial charge < -0.3 is 0 Å². The summed E-state index contributed by atoms with van der Waals surface area (Å²) in [5.74, 6) is 3.85. The average molecular weight is 176 g/mol. The van der Waals surface area contributed by atoms with Gasteiger partial charge in [0.2, 0.25) is 0 Å². The van der Waals surface area contributed by atoms with Crippen LogP contribution in [0, 0.1) is 17.4 Å². The molecule has 0 unspecified atom stereocenters. The zero-order chi connectivity index (χ0) is 9.03. The van der Waals surface area contributed by atoms with Crippen molar-refractivity contribution in [3.05, 3.63) is 24.3 Å². The van der Waals surface area contributed by atoms with E-state index < -0.39 is 8.07 Å². The molecular formula is C11H16Si. The van der Waals surface area contributed by atoms with Crippen LogP contribution in [0.4, 0.5) is 0 Å². The zero-order valence-corrected chi connectivity index (χ0v) is 9.09. The van der Waals surface area contributed by atoms with E-state index >= 15 is 0 Å². The van der Waals surface area contributed by atoms with E-state index in [1.807, 2.05) is 0 Å². The minimum atomic E-state index is -1.14. The molecule has 64 valence electrons. The molecule has 0 N–H and O–H groups in total. The summed E-state index contributed by atoms with van der Waals surface area (Å²) in [7, 11) is -1.14. The van der Waals surface area contributed by atoms with Gasteiger partial charge in [0.1, 0.15) is 8.07 Å². The first-order valence-electron chi connectivity index (χ1n) is 4.43. The highest BCUT2D eigenvalue weighted by Gasteiger charge is 2.07. The molecule has 0 radical (unpaired) electrons. The van der Waals surface area contributed by atoms with Crippen LogP contribution >= 0.6 is 0 Å². The fourth-order valence-corrected chi connectivity index (χ4v) is 1.68. The summed E-state index contributed by atoms with van der Waals surface area (Å²) in [5.41, 5.74) is 3.37. The van der Waals surface area contributed by atoms with Crippen LogP contribution < -0.4 is 0 Å². The third-order valence-corrected chi connectivity index (χ3v) is 2.56. The maximum atomic E-state index is 3.37. The second kappa shape index (κ2) is 3.78. The summed E-state index contributed by atoms with van der Waals surface area (Å²) < 4.78 is 0. The molecule has 0 heterocycles. The van der Waals surface area contributed by atoms with Gasteiger partial charge in [0, 0.05) is 12.3 Å². The first-order valence-corrected chi connectivity index (χ1v) is 7.93. The molecule has 1 aliphatic rings. The average Bonchev–Trinajstić information content (AvgIpc) is 2.36. The molecule has 0 aromatic heterocycles. The van der Waals surface area contributed by atoms with Gasteiger partial charge in [-0.2, -0.15) is 0 Å². The molecule has 0 aromatic carbocycles. The molecule has 0 bridgehead atoms. The number of hydrogen-bond donors (Lipinski definition) is 0. The smallest absolute Gasteiger partial charge is 0.129 e. The molecule has 0 saturated heterocycles. The van der Waals surface area contributed by atoms with Crippen molar-refractivity contribution in [3.8, 4) is 11.5 Å². The Morgan fingerprint density at radius 1 is 1.17 bits per heavy atom. The monoisotopic (exact) mass is 176 g/mol. The van der Waals surface area contributed by atoms with E-state index in [1.165, 1.54) is 0 Å². The summed E-state index contributed by atoms with van der Waals surface area (Å²) in [4.78, 5) is 0. The molecule has 0 atom stereocenters. The lowest BCUT2D eigenvalue weighted by Gasteiger charge is -2.04. The topological polar surface area (TPSA) is 0 Å². The molecule has 0 nitrogen and oxygen atoms in total. The first kappa shape index (κ1) is 9.35. The Balaban J connectivity index is 2.37. The Bertz CT molecular complexity index is 243. The summed E-state index contributed by atoms with van der Waals surface area (Å²) >= 11 is 0. The Morgan fingerprint density at radius 3 is 2.25 bits per heavy atom. The first-order chi connectivity index (χ1) is 5.58. The number of rotatable bonds is 1. The molecule has 0 amide bonds. The Kier molecular flexibility index (Phi) is 2.94. The highest BCUT2D eigenvalue weighted by molar-refractivity contribution is 6.83. The van der Waals surface area contributed by atoms with Gasteiger partial charge in [0.15, 0.2) is 0 Å². The summed E-state index contributed by atoms with van der Waals surface area (Å²) in [6.45, 7) is 6.83. The lowest BCUT2D eigenvalue weighted by molar-refractivity contribution is 0.865. The van der Waals surface area contributed by atoms with Crippen LogP contribution in [0.3, 0.4) is 0 Å². The second-order valence-corrected chi connectivity index (χ2v) is 8.94. The summed E-state index contributed by atoms with van der Waals surface area (Å²) in [5, 5.41) is 0. The van der Waals surface area contributed by atoms with Crippen molar-refractivity contribution < 1.29 is 0 Å². The van der Waals surface area contributed by atoms with Crippen LogP contribution in [-0.2, 0) is 0 Å². The third kappa shape index (κ3) is 3.59. The standard InChI is InChI=1S/C11H16Si/c1-12(2,3)10-6-9-11-7-4-5-8-11/h4-5,7-8,11H,9H2,1-3H3. The quantitative estimate of drug-likeness (QED) is 0.425. The van der Waals surface area contributed by atoms with Gasteiger partial charge in [-0.25, -0.2) is 0 Å². The molecule has 0 spiro atoms. The molecule has 1 rings (SSSR count). The van der Waals surface area contributed by atoms with Crippen molar-refractivity contribution in [2.75, 3.05) is 0 Å². The molecule has 0 aliphatic heterocycles. The lowest BCUT2D eigenvalue weighted by atomic mass is 10.1. The fraction of sp³-hybridized carbons (Fsp3) is 0.455. The van der Waals surface area contributed by atoms with Crippen molar-refractivity contribution in [1.29, 1.82) is 0 Å². The van der Waals surface area contributed by atoms with Gasteiger partial charge in [-0.15, -0.1) is 11.5 Å². The molecule has 0 saturated carbocycles. The lowest BCUT2D eigenvalue weighted by Crippen LogP contribution is -2.16. The van der Waals surface area contributed by atoms with E-state index in [4.69, 9.17) is 0 Å². The fourth-order valence-electron chi connectivity index (χ4n) is 1.05. The molecule has 1 heteroatoms. The van der Waals surface area contributed by atoms with Crippen molar-refractivity contribution in [3.63, 3.8) is 0 Å². The largest absolute Gasteiger partial charge is 0.132 e. The minimum absolute atomic E-state index is 0.578. The van der Waals surface area contributed by atoms with E-state index in [9.17, 15) is 0 Å². The molecule has 0 aromatic rings. The van der Waals surface area contributed by atoms with Crippen molar-refractivity contribution in [2.45, 2.75) is 26.1 Å². The summed E-state index contributed by atoms with van der Waals surface area (Å²) in [6, 6.07) is 0. The van der Waals surface area contributed by atoms with E-state index in [0.717, 1.165) is 6.42 Å². The Hall–Kier alpha value is -0.743. The van der Waals surface area contributed by atoms with Crippen LogP contribution in [0.5, 0.6) is 0 Å². The van der Waals surface area contributed by atoms with Gasteiger partial charge in [-0.1, -0.05) is 43.9 Å². The number of allylic oxidation sites excluding steroid dienone is 4. The number of hydrogen-bond acceptors (Lipinski definition) is 0. The zero-order valence-electron chi connectivity index (χ0n) is 8.09. The predicted octanol–water partition coefficient (Wildman–Crippen LogP) is 3.00. The summed E-state index contributed by atoms with van der Waals surface area (Å²) in [6.07, 6.45) is 9.61. The van der Waals surface area contributed by atoms with Gasteiger partial charge in [0.05, 0.1) is 0 Å². The van der Waals surface area contributed by atoms with Crippen molar-refractivity contribution >= 4 is 8.07 Å². The van der Waals surface area contributed by atoms with Crippen LogP contribution in [0.25, 0.3) is 0 Å². The highest BCUT2D eigenvalue weighted by Crippen LogP contribution is 2.12. The third-order valence-electron chi connectivity index (χ3n) is 1.63. The SMILES string of the molecule is C[Si](C)(C)C#CCC1C=CC=C1. The highest BCUT2D eigenvalue weighted by atomic mass is 28.3. The van der Waals surface area contributed by atoms with E-state index in [2.05, 4.69) is 55.4 Å². The molecule has 12 heavy (non-hydrogen) atoms. The van der Waals surface area contributed by atoms with Gasteiger partial charge in [-0.3, -0.25) is 0 Å². The minimum Gasteiger partial charge on any atom is -0.132 e. The van der Waals surface area contributed by atoms with Crippen LogP contribution in [-0.4, -0.2) is 8.07 Å². The maximum absolute atomic E-state index is 3.37. The molecule has 0 fully saturated rings. The van der Waals surface area contributed by atoms with Crippen molar-refractivity contribution in [2.24, 2.45) is 5.92 Å². The van der Waals surface area contributed by atoms with Crippen LogP contribution in [0.1, 0.15) is 6.42 Å². The van der Waals surface area contributed by atoms with Crippen LogP contribution in [0.2, 0.25) is 19.6 Å². The Labute approximate surface area is 76.4 Å². The van der Waals surface area contributed by atoms with Gasteiger partial charge in [0.25, 0.3) is 0 Å². The van der Waals surface area contributed by atoms with E-state index in [0.29, 0.717) is 5.92 Å². The normalized spacial score (nSPS) is 16.2. The molecule has 1 aliphatic carbocycles. The van der Waals surface area contributed by atoms with Crippen LogP contribution in [0.15, 0.2) is 24.3 Å². The van der Waals surface area contributed by atoms with Gasteiger partial charge >= 0.3 is 0 Å². The Morgan fingerprint density at radius 2 is 1.75 bits per heavy atom. The van der Waals surface area contributed by atoms with Gasteiger partial charge in [-0.05, 0) is 0 Å².